The molecule has 0 aromatic carbocycles. The van der Waals surface area contributed by atoms with Gasteiger partial charge in [0.05, 0.1) is 0 Å². The lowest BCUT2D eigenvalue weighted by Crippen LogP contribution is -2.34. The van der Waals surface area contributed by atoms with Crippen molar-refractivity contribution in [3.63, 3.8) is 0 Å². The molecular formula is C15H25NOS. The van der Waals surface area contributed by atoms with E-state index < -0.39 is 0 Å². The third kappa shape index (κ3) is 3.64. The molecule has 0 fully saturated rings. The summed E-state index contributed by atoms with van der Waals surface area (Å²) >= 11 is 4.55. The topological polar surface area (TPSA) is 22.0 Å². The molecule has 0 unspecified atom stereocenters. The van der Waals surface area contributed by atoms with Crippen molar-refractivity contribution in [2.24, 2.45) is 5.41 Å². The highest BCUT2D eigenvalue weighted by Crippen LogP contribution is 2.33. The zero-order valence-corrected chi connectivity index (χ0v) is 12.7. The first-order chi connectivity index (χ1) is 8.58. The summed E-state index contributed by atoms with van der Waals surface area (Å²) in [5, 5.41) is 0. The van der Waals surface area contributed by atoms with Crippen LogP contribution >= 0.6 is 12.6 Å². The molecule has 0 radical (unpaired) electrons. The van der Waals surface area contributed by atoms with Crippen LogP contribution in [0.3, 0.4) is 0 Å². The maximum absolute atomic E-state index is 12.0. The van der Waals surface area contributed by atoms with E-state index in [1.807, 2.05) is 23.6 Å². The fourth-order valence-electron chi connectivity index (χ4n) is 2.71. The molecule has 0 spiro atoms. The second-order valence-corrected chi connectivity index (χ2v) is 5.57. The number of rotatable bonds is 7. The van der Waals surface area contributed by atoms with Gasteiger partial charge < -0.3 is 4.57 Å². The van der Waals surface area contributed by atoms with Gasteiger partial charge in [0.2, 0.25) is 0 Å². The summed E-state index contributed by atoms with van der Waals surface area (Å²) in [6.07, 6.45) is 4.54. The molecule has 0 aliphatic rings. The minimum absolute atomic E-state index is 0.105. The Hall–Kier alpha value is -0.700. The van der Waals surface area contributed by atoms with E-state index in [4.69, 9.17) is 0 Å². The molecule has 1 heterocycles. The molecule has 0 aliphatic carbocycles. The number of thiol groups is 1. The maximum Gasteiger partial charge on any atom is 0.250 e. The number of hydrogen-bond donors (Lipinski definition) is 1. The van der Waals surface area contributed by atoms with Crippen molar-refractivity contribution in [2.75, 3.05) is 5.75 Å². The summed E-state index contributed by atoms with van der Waals surface area (Å²) in [6.45, 7) is 7.20. The van der Waals surface area contributed by atoms with E-state index in [1.54, 1.807) is 6.07 Å². The SMILES string of the molecule is CCCC(CS)(CCC)Cn1c(C)cccc1=O. The fourth-order valence-corrected chi connectivity index (χ4v) is 3.13. The summed E-state index contributed by atoms with van der Waals surface area (Å²) in [6, 6.07) is 5.48. The second-order valence-electron chi connectivity index (χ2n) is 5.25. The van der Waals surface area contributed by atoms with E-state index in [9.17, 15) is 4.79 Å². The van der Waals surface area contributed by atoms with Gasteiger partial charge in [0, 0.05) is 18.3 Å². The number of pyridine rings is 1. The molecule has 3 heteroatoms. The molecule has 0 saturated heterocycles. The molecule has 1 aromatic heterocycles. The van der Waals surface area contributed by atoms with E-state index in [2.05, 4.69) is 26.5 Å². The van der Waals surface area contributed by atoms with Crippen LogP contribution in [0, 0.1) is 12.3 Å². The van der Waals surface area contributed by atoms with E-state index >= 15 is 0 Å². The largest absolute Gasteiger partial charge is 0.312 e. The minimum Gasteiger partial charge on any atom is -0.312 e. The minimum atomic E-state index is 0.105. The van der Waals surface area contributed by atoms with E-state index in [1.165, 1.54) is 0 Å². The van der Waals surface area contributed by atoms with Crippen LogP contribution in [0.25, 0.3) is 0 Å². The van der Waals surface area contributed by atoms with Crippen LogP contribution in [-0.2, 0) is 6.54 Å². The molecular weight excluding hydrogens is 242 g/mol. The number of nitrogens with zero attached hydrogens (tertiary/aromatic N) is 1. The summed E-state index contributed by atoms with van der Waals surface area (Å²) in [5.74, 6) is 0.843. The van der Waals surface area contributed by atoms with Crippen molar-refractivity contribution in [2.45, 2.75) is 53.0 Å². The summed E-state index contributed by atoms with van der Waals surface area (Å²) in [4.78, 5) is 12.0. The summed E-state index contributed by atoms with van der Waals surface area (Å²) in [5.41, 5.74) is 1.30. The van der Waals surface area contributed by atoms with Gasteiger partial charge in [0.15, 0.2) is 0 Å². The van der Waals surface area contributed by atoms with Gasteiger partial charge in [0.25, 0.3) is 5.56 Å². The molecule has 18 heavy (non-hydrogen) atoms. The number of hydrogen-bond acceptors (Lipinski definition) is 2. The van der Waals surface area contributed by atoms with E-state index in [0.29, 0.717) is 0 Å². The number of aryl methyl sites for hydroxylation is 1. The van der Waals surface area contributed by atoms with Crippen LogP contribution < -0.4 is 5.56 Å². The van der Waals surface area contributed by atoms with Crippen LogP contribution in [0.5, 0.6) is 0 Å². The van der Waals surface area contributed by atoms with Gasteiger partial charge in [-0.15, -0.1) is 0 Å². The first-order valence-corrected chi connectivity index (χ1v) is 7.49. The Morgan fingerprint density at radius 3 is 2.28 bits per heavy atom. The van der Waals surface area contributed by atoms with Crippen molar-refractivity contribution in [3.8, 4) is 0 Å². The summed E-state index contributed by atoms with van der Waals surface area (Å²) in [7, 11) is 0. The Morgan fingerprint density at radius 2 is 1.83 bits per heavy atom. The zero-order valence-electron chi connectivity index (χ0n) is 11.8. The lowest BCUT2D eigenvalue weighted by molar-refractivity contribution is 0.227. The average Bonchev–Trinajstić information content (AvgIpc) is 2.34. The van der Waals surface area contributed by atoms with Crippen molar-refractivity contribution < 1.29 is 0 Å². The second kappa shape index (κ2) is 7.03. The molecule has 0 N–H and O–H groups in total. The van der Waals surface area contributed by atoms with Crippen molar-refractivity contribution in [3.05, 3.63) is 34.2 Å². The predicted octanol–water partition coefficient (Wildman–Crippen LogP) is 3.67. The Balaban J connectivity index is 3.05. The van der Waals surface area contributed by atoms with Crippen molar-refractivity contribution >= 4 is 12.6 Å². The Morgan fingerprint density at radius 1 is 1.22 bits per heavy atom. The highest BCUT2D eigenvalue weighted by atomic mass is 32.1. The monoisotopic (exact) mass is 267 g/mol. The standard InChI is InChI=1S/C15H25NOS/c1-4-9-15(12-18,10-5-2)11-16-13(3)7-6-8-14(16)17/h6-8,18H,4-5,9-12H2,1-3H3. The molecule has 102 valence electrons. The molecule has 0 saturated carbocycles. The molecule has 0 bridgehead atoms. The van der Waals surface area contributed by atoms with Crippen LogP contribution in [0.4, 0.5) is 0 Å². The van der Waals surface area contributed by atoms with Crippen LogP contribution in [0.15, 0.2) is 23.0 Å². The first kappa shape index (κ1) is 15.4. The normalized spacial score (nSPS) is 11.8. The maximum atomic E-state index is 12.0. The fraction of sp³-hybridized carbons (Fsp3) is 0.667. The third-order valence-electron chi connectivity index (χ3n) is 3.66. The highest BCUT2D eigenvalue weighted by Gasteiger charge is 2.28. The van der Waals surface area contributed by atoms with Crippen LogP contribution in [-0.4, -0.2) is 10.3 Å². The average molecular weight is 267 g/mol. The Labute approximate surface area is 116 Å². The van der Waals surface area contributed by atoms with Gasteiger partial charge in [-0.25, -0.2) is 0 Å². The van der Waals surface area contributed by atoms with Crippen LogP contribution in [0.1, 0.15) is 45.2 Å². The van der Waals surface area contributed by atoms with Crippen molar-refractivity contribution in [1.82, 2.24) is 4.57 Å². The molecule has 0 atom stereocenters. The van der Waals surface area contributed by atoms with E-state index in [0.717, 1.165) is 43.7 Å². The predicted molar refractivity (Wildman–Crippen MR) is 81.5 cm³/mol. The third-order valence-corrected chi connectivity index (χ3v) is 4.33. The van der Waals surface area contributed by atoms with E-state index in [-0.39, 0.29) is 11.0 Å². The molecule has 0 amide bonds. The highest BCUT2D eigenvalue weighted by molar-refractivity contribution is 7.80. The quantitative estimate of drug-likeness (QED) is 0.748. The lowest BCUT2D eigenvalue weighted by atomic mass is 9.80. The number of aromatic nitrogens is 1. The molecule has 2 nitrogen and oxygen atoms in total. The zero-order chi connectivity index (χ0) is 13.6. The van der Waals surface area contributed by atoms with Gasteiger partial charge in [-0.3, -0.25) is 4.79 Å². The van der Waals surface area contributed by atoms with Gasteiger partial charge >= 0.3 is 0 Å². The summed E-state index contributed by atoms with van der Waals surface area (Å²) < 4.78 is 1.90. The lowest BCUT2D eigenvalue weighted by Gasteiger charge is -2.33. The van der Waals surface area contributed by atoms with Gasteiger partial charge in [-0.05, 0) is 37.0 Å². The molecule has 0 aliphatic heterocycles. The Kier molecular flexibility index (Phi) is 6.00. The van der Waals surface area contributed by atoms with Crippen molar-refractivity contribution in [1.29, 1.82) is 0 Å². The Bertz CT molecular complexity index is 419. The van der Waals surface area contributed by atoms with Gasteiger partial charge in [0.1, 0.15) is 0 Å². The molecule has 1 rings (SSSR count). The van der Waals surface area contributed by atoms with Gasteiger partial charge in [-0.1, -0.05) is 32.8 Å². The van der Waals surface area contributed by atoms with Crippen LogP contribution in [0.2, 0.25) is 0 Å². The first-order valence-electron chi connectivity index (χ1n) is 6.86. The molecule has 1 aromatic rings. The van der Waals surface area contributed by atoms with Gasteiger partial charge in [-0.2, -0.15) is 12.6 Å². The smallest absolute Gasteiger partial charge is 0.250 e.